The largest absolute Gasteiger partial charge is 0.494 e. The fourth-order valence-corrected chi connectivity index (χ4v) is 3.91. The van der Waals surface area contributed by atoms with E-state index in [4.69, 9.17) is 4.74 Å². The molecule has 0 heterocycles. The van der Waals surface area contributed by atoms with E-state index in [0.29, 0.717) is 17.7 Å². The summed E-state index contributed by atoms with van der Waals surface area (Å²) in [6.45, 7) is 4.52. The molecule has 0 bridgehead atoms. The van der Waals surface area contributed by atoms with E-state index in [1.807, 2.05) is 74.5 Å². The molecule has 0 aliphatic carbocycles. The summed E-state index contributed by atoms with van der Waals surface area (Å²) < 4.78 is 5.47. The average Bonchev–Trinajstić information content (AvgIpc) is 2.75. The number of nitrogens with zero attached hydrogens (tertiary/aromatic N) is 1. The summed E-state index contributed by atoms with van der Waals surface area (Å²) in [7, 11) is 0. The van der Waals surface area contributed by atoms with Crippen molar-refractivity contribution in [1.82, 2.24) is 5.32 Å². The molecule has 3 rings (SSSR count). The molecule has 1 N–H and O–H groups in total. The minimum Gasteiger partial charge on any atom is -0.494 e. The zero-order valence-corrected chi connectivity index (χ0v) is 17.2. The quantitative estimate of drug-likeness (QED) is 0.559. The summed E-state index contributed by atoms with van der Waals surface area (Å²) in [5.74, 6) is 0.664. The fraction of sp³-hybridized carbons (Fsp3) is 0.167. The molecule has 1 atom stereocenters. The second kappa shape index (κ2) is 9.81. The Morgan fingerprint density at radius 2 is 1.69 bits per heavy atom. The normalized spacial score (nSPS) is 11.3. The minimum absolute atomic E-state index is 0.149. The van der Waals surface area contributed by atoms with E-state index >= 15 is 0 Å². The molecule has 146 valence electrons. The van der Waals surface area contributed by atoms with Crippen LogP contribution >= 0.6 is 11.8 Å². The highest BCUT2D eigenvalue weighted by Crippen LogP contribution is 2.32. The van der Waals surface area contributed by atoms with Gasteiger partial charge in [-0.3, -0.25) is 4.79 Å². The molecule has 0 aliphatic heterocycles. The van der Waals surface area contributed by atoms with Gasteiger partial charge in [0.2, 0.25) is 0 Å². The highest BCUT2D eigenvalue weighted by atomic mass is 32.2. The first-order chi connectivity index (χ1) is 14.1. The molecule has 1 amide bonds. The monoisotopic (exact) mass is 402 g/mol. The van der Waals surface area contributed by atoms with E-state index in [9.17, 15) is 10.1 Å². The van der Waals surface area contributed by atoms with Gasteiger partial charge < -0.3 is 10.1 Å². The maximum Gasteiger partial charge on any atom is 0.252 e. The van der Waals surface area contributed by atoms with Crippen molar-refractivity contribution in [3.8, 4) is 11.8 Å². The summed E-state index contributed by atoms with van der Waals surface area (Å²) >= 11 is 1.42. The summed E-state index contributed by atoms with van der Waals surface area (Å²) in [5.41, 5.74) is 2.18. The van der Waals surface area contributed by atoms with Crippen LogP contribution in [0.3, 0.4) is 0 Å². The molecule has 4 nitrogen and oxygen atoms in total. The molecule has 0 spiro atoms. The molecule has 0 aromatic heterocycles. The molecule has 29 heavy (non-hydrogen) atoms. The van der Waals surface area contributed by atoms with Gasteiger partial charge in [-0.2, -0.15) is 5.26 Å². The summed E-state index contributed by atoms with van der Waals surface area (Å²) in [5, 5.41) is 12.4. The van der Waals surface area contributed by atoms with Gasteiger partial charge in [-0.05, 0) is 55.8 Å². The second-order valence-electron chi connectivity index (χ2n) is 6.40. The van der Waals surface area contributed by atoms with Gasteiger partial charge >= 0.3 is 0 Å². The number of nitrogens with one attached hydrogen (secondary N) is 1. The first kappa shape index (κ1) is 20.5. The van der Waals surface area contributed by atoms with Gasteiger partial charge in [0.15, 0.2) is 0 Å². The lowest BCUT2D eigenvalue weighted by atomic mass is 10.1. The number of rotatable bonds is 7. The molecule has 0 aliphatic rings. The lowest BCUT2D eigenvalue weighted by molar-refractivity contribution is 0.0937. The smallest absolute Gasteiger partial charge is 0.252 e. The van der Waals surface area contributed by atoms with Crippen LogP contribution < -0.4 is 10.1 Å². The topological polar surface area (TPSA) is 62.1 Å². The number of carbonyl (C=O) groups excluding carboxylic acids is 1. The molecule has 1 unspecified atom stereocenters. The Labute approximate surface area is 175 Å². The Kier molecular flexibility index (Phi) is 6.94. The number of nitriles is 1. The molecule has 0 radical (unpaired) electrons. The predicted molar refractivity (Wildman–Crippen MR) is 115 cm³/mol. The summed E-state index contributed by atoms with van der Waals surface area (Å²) in [6.07, 6.45) is 0. The van der Waals surface area contributed by atoms with Crippen LogP contribution in [0.2, 0.25) is 0 Å². The van der Waals surface area contributed by atoms with Crippen molar-refractivity contribution in [2.75, 3.05) is 6.61 Å². The van der Waals surface area contributed by atoms with Crippen molar-refractivity contribution in [1.29, 1.82) is 5.26 Å². The molecular formula is C24H22N2O2S. The van der Waals surface area contributed by atoms with Crippen LogP contribution in [0.4, 0.5) is 0 Å². The van der Waals surface area contributed by atoms with E-state index in [1.54, 1.807) is 12.1 Å². The number of hydrogen-bond donors (Lipinski definition) is 1. The van der Waals surface area contributed by atoms with Gasteiger partial charge in [0.1, 0.15) is 11.8 Å². The Bertz CT molecular complexity index is 1030. The number of ether oxygens (including phenoxy) is 1. The molecule has 3 aromatic carbocycles. The highest BCUT2D eigenvalue weighted by molar-refractivity contribution is 7.99. The lowest BCUT2D eigenvalue weighted by Crippen LogP contribution is -2.27. The van der Waals surface area contributed by atoms with Crippen LogP contribution in [0.15, 0.2) is 82.6 Å². The first-order valence-electron chi connectivity index (χ1n) is 9.42. The molecule has 0 saturated heterocycles. The van der Waals surface area contributed by atoms with E-state index in [1.165, 1.54) is 11.8 Å². The van der Waals surface area contributed by atoms with Gasteiger partial charge in [-0.1, -0.05) is 48.2 Å². The van der Waals surface area contributed by atoms with Crippen LogP contribution in [-0.4, -0.2) is 12.5 Å². The van der Waals surface area contributed by atoms with Crippen molar-refractivity contribution >= 4 is 17.7 Å². The van der Waals surface area contributed by atoms with E-state index < -0.39 is 0 Å². The number of hydrogen-bond acceptors (Lipinski definition) is 4. The average molecular weight is 403 g/mol. The van der Waals surface area contributed by atoms with Crippen LogP contribution in [-0.2, 0) is 0 Å². The van der Waals surface area contributed by atoms with E-state index in [0.717, 1.165) is 21.1 Å². The zero-order chi connectivity index (χ0) is 20.6. The molecule has 0 saturated carbocycles. The predicted octanol–water partition coefficient (Wildman–Crippen LogP) is 5.60. The Hall–Kier alpha value is -3.23. The summed E-state index contributed by atoms with van der Waals surface area (Å²) in [6, 6.07) is 24.6. The van der Waals surface area contributed by atoms with E-state index in [2.05, 4.69) is 11.4 Å². The van der Waals surface area contributed by atoms with Crippen LogP contribution in [0, 0.1) is 11.3 Å². The summed E-state index contributed by atoms with van der Waals surface area (Å²) in [4.78, 5) is 14.6. The van der Waals surface area contributed by atoms with Crippen molar-refractivity contribution < 1.29 is 9.53 Å². The zero-order valence-electron chi connectivity index (χ0n) is 16.4. The minimum atomic E-state index is -0.150. The third-order valence-corrected chi connectivity index (χ3v) is 5.55. The van der Waals surface area contributed by atoms with Crippen molar-refractivity contribution in [3.05, 3.63) is 89.5 Å². The molecule has 5 heteroatoms. The maximum absolute atomic E-state index is 12.9. The van der Waals surface area contributed by atoms with Crippen molar-refractivity contribution in [3.63, 3.8) is 0 Å². The molecular weight excluding hydrogens is 380 g/mol. The maximum atomic E-state index is 12.9. The van der Waals surface area contributed by atoms with Crippen molar-refractivity contribution in [2.24, 2.45) is 0 Å². The van der Waals surface area contributed by atoms with Gasteiger partial charge in [0.25, 0.3) is 5.91 Å². The van der Waals surface area contributed by atoms with E-state index in [-0.39, 0.29) is 11.9 Å². The van der Waals surface area contributed by atoms with Crippen LogP contribution in [0.1, 0.15) is 41.4 Å². The first-order valence-corrected chi connectivity index (χ1v) is 10.2. The third-order valence-electron chi connectivity index (χ3n) is 4.40. The van der Waals surface area contributed by atoms with Crippen LogP contribution in [0.25, 0.3) is 0 Å². The van der Waals surface area contributed by atoms with Gasteiger partial charge in [0, 0.05) is 9.79 Å². The number of carbonyl (C=O) groups is 1. The Morgan fingerprint density at radius 3 is 2.38 bits per heavy atom. The molecule has 0 fully saturated rings. The van der Waals surface area contributed by atoms with Gasteiger partial charge in [0.05, 0.1) is 23.8 Å². The second-order valence-corrected chi connectivity index (χ2v) is 7.49. The highest BCUT2D eigenvalue weighted by Gasteiger charge is 2.16. The van der Waals surface area contributed by atoms with Gasteiger partial charge in [-0.15, -0.1) is 0 Å². The van der Waals surface area contributed by atoms with Crippen LogP contribution in [0.5, 0.6) is 5.75 Å². The number of amides is 1. The molecule has 3 aromatic rings. The Balaban J connectivity index is 1.77. The SMILES string of the molecule is CCOc1ccc(C(C)NC(=O)c2ccccc2Sc2ccccc2C#N)cc1. The standard InChI is InChI=1S/C24H22N2O2S/c1-3-28-20-14-12-18(13-15-20)17(2)26-24(27)21-9-5-7-11-23(21)29-22-10-6-4-8-19(22)16-25/h4-15,17H,3H2,1-2H3,(H,26,27). The van der Waals surface area contributed by atoms with Gasteiger partial charge in [-0.25, -0.2) is 0 Å². The third kappa shape index (κ3) is 5.18. The number of benzene rings is 3. The Morgan fingerprint density at radius 1 is 1.03 bits per heavy atom. The van der Waals surface area contributed by atoms with Crippen molar-refractivity contribution in [2.45, 2.75) is 29.7 Å². The fourth-order valence-electron chi connectivity index (χ4n) is 2.89. The lowest BCUT2D eigenvalue weighted by Gasteiger charge is -2.16.